The van der Waals surface area contributed by atoms with Crippen LogP contribution in [0.15, 0.2) is 48.5 Å². The molecule has 0 bridgehead atoms. The molecule has 0 aliphatic rings. The van der Waals surface area contributed by atoms with Gasteiger partial charge in [0.05, 0.1) is 5.56 Å². The van der Waals surface area contributed by atoms with Gasteiger partial charge in [-0.1, -0.05) is 55.0 Å². The molecule has 0 saturated carbocycles. The van der Waals surface area contributed by atoms with E-state index in [0.29, 0.717) is 0 Å². The van der Waals surface area contributed by atoms with Crippen molar-refractivity contribution in [2.45, 2.75) is 38.8 Å². The molecule has 0 N–H and O–H groups in total. The highest BCUT2D eigenvalue weighted by Crippen LogP contribution is 2.32. The fourth-order valence-corrected chi connectivity index (χ4v) is 2.33. The lowest BCUT2D eigenvalue weighted by Crippen LogP contribution is -2.06. The minimum atomic E-state index is -4.27. The maximum absolute atomic E-state index is 12.7. The maximum Gasteiger partial charge on any atom is 0.416 e. The van der Waals surface area contributed by atoms with Gasteiger partial charge in [0.15, 0.2) is 0 Å². The number of benzene rings is 2. The average Bonchev–Trinajstić information content (AvgIpc) is 2.45. The van der Waals surface area contributed by atoms with Crippen molar-refractivity contribution >= 4 is 0 Å². The Morgan fingerprint density at radius 1 is 1.00 bits per heavy atom. The van der Waals surface area contributed by atoms with Crippen LogP contribution in [0.25, 0.3) is 0 Å². The molecule has 2 aromatic rings. The monoisotopic (exact) mass is 292 g/mol. The minimum absolute atomic E-state index is 0.105. The van der Waals surface area contributed by atoms with Crippen molar-refractivity contribution in [2.75, 3.05) is 0 Å². The zero-order valence-corrected chi connectivity index (χ0v) is 12.2. The number of hydrogen-bond donors (Lipinski definition) is 0. The van der Waals surface area contributed by atoms with Crippen LogP contribution in [0.2, 0.25) is 0 Å². The zero-order chi connectivity index (χ0) is 15.5. The largest absolute Gasteiger partial charge is 0.416 e. The summed E-state index contributed by atoms with van der Waals surface area (Å²) in [5.41, 5.74) is 2.61. The second kappa shape index (κ2) is 6.33. The van der Waals surface area contributed by atoms with Gasteiger partial charge in [-0.2, -0.15) is 13.2 Å². The van der Waals surface area contributed by atoms with Gasteiger partial charge in [-0.3, -0.25) is 0 Å². The number of hydrogen-bond acceptors (Lipinski definition) is 0. The molecule has 1 unspecified atom stereocenters. The predicted molar refractivity (Wildman–Crippen MR) is 79.4 cm³/mol. The van der Waals surface area contributed by atoms with Crippen LogP contribution in [0.1, 0.15) is 41.5 Å². The van der Waals surface area contributed by atoms with E-state index in [1.807, 2.05) is 13.8 Å². The van der Waals surface area contributed by atoms with Gasteiger partial charge in [-0.05, 0) is 42.9 Å². The summed E-state index contributed by atoms with van der Waals surface area (Å²) in [5, 5.41) is 0. The topological polar surface area (TPSA) is 0 Å². The number of rotatable bonds is 4. The molecule has 0 aliphatic carbocycles. The molecule has 0 aromatic heterocycles. The molecule has 1 atom stereocenters. The summed E-state index contributed by atoms with van der Waals surface area (Å²) >= 11 is 0. The Kier molecular flexibility index (Phi) is 4.71. The zero-order valence-electron chi connectivity index (χ0n) is 12.2. The van der Waals surface area contributed by atoms with Gasteiger partial charge in [-0.25, -0.2) is 0 Å². The Morgan fingerprint density at radius 3 is 2.29 bits per heavy atom. The summed E-state index contributed by atoms with van der Waals surface area (Å²) in [6.45, 7) is 4.01. The molecule has 2 aromatic carbocycles. The summed E-state index contributed by atoms with van der Waals surface area (Å²) < 4.78 is 38.2. The van der Waals surface area contributed by atoms with Crippen molar-refractivity contribution in [1.82, 2.24) is 0 Å². The summed E-state index contributed by atoms with van der Waals surface area (Å²) in [6.07, 6.45) is -2.56. The van der Waals surface area contributed by atoms with E-state index in [2.05, 4.69) is 24.3 Å². The highest BCUT2D eigenvalue weighted by atomic mass is 19.4. The third-order valence-corrected chi connectivity index (χ3v) is 3.77. The first-order valence-electron chi connectivity index (χ1n) is 7.09. The van der Waals surface area contributed by atoms with E-state index in [1.54, 1.807) is 6.07 Å². The van der Waals surface area contributed by atoms with E-state index in [-0.39, 0.29) is 5.92 Å². The van der Waals surface area contributed by atoms with Gasteiger partial charge < -0.3 is 0 Å². The molecular weight excluding hydrogens is 273 g/mol. The Balaban J connectivity index is 2.03. The van der Waals surface area contributed by atoms with Crippen LogP contribution in [-0.4, -0.2) is 0 Å². The van der Waals surface area contributed by atoms with Crippen molar-refractivity contribution in [3.8, 4) is 0 Å². The lowest BCUT2D eigenvalue weighted by Gasteiger charge is -2.14. The molecule has 0 nitrogen and oxygen atoms in total. The van der Waals surface area contributed by atoms with Crippen LogP contribution in [0.5, 0.6) is 0 Å². The first-order chi connectivity index (χ1) is 9.86. The third kappa shape index (κ3) is 4.35. The number of alkyl halides is 3. The van der Waals surface area contributed by atoms with Gasteiger partial charge >= 0.3 is 6.18 Å². The smallest absolute Gasteiger partial charge is 0.166 e. The molecule has 0 spiro atoms. The van der Waals surface area contributed by atoms with Gasteiger partial charge in [0.25, 0.3) is 0 Å². The molecule has 3 heteroatoms. The van der Waals surface area contributed by atoms with E-state index in [1.165, 1.54) is 23.3 Å². The second-order valence-electron chi connectivity index (χ2n) is 5.55. The van der Waals surface area contributed by atoms with Gasteiger partial charge in [0.1, 0.15) is 0 Å². The predicted octanol–water partition coefficient (Wildman–Crippen LogP) is 5.75. The highest BCUT2D eigenvalue weighted by Gasteiger charge is 2.30. The summed E-state index contributed by atoms with van der Waals surface area (Å²) in [7, 11) is 0. The van der Waals surface area contributed by atoms with Crippen molar-refractivity contribution in [3.05, 3.63) is 70.8 Å². The molecule has 0 fully saturated rings. The second-order valence-corrected chi connectivity index (χ2v) is 5.55. The standard InChI is InChI=1S/C18H19F3/c1-13-6-9-15(10-7-13)11-8-14(2)16-4-3-5-17(12-16)18(19,20)21/h3-7,9-10,12,14H,8,11H2,1-2H3. The van der Waals surface area contributed by atoms with Crippen molar-refractivity contribution in [2.24, 2.45) is 0 Å². The quantitative estimate of drug-likeness (QED) is 0.673. The van der Waals surface area contributed by atoms with E-state index >= 15 is 0 Å². The fraction of sp³-hybridized carbons (Fsp3) is 0.333. The van der Waals surface area contributed by atoms with Gasteiger partial charge in [0, 0.05) is 0 Å². The van der Waals surface area contributed by atoms with Crippen molar-refractivity contribution in [3.63, 3.8) is 0 Å². The molecule has 0 saturated heterocycles. The first kappa shape index (κ1) is 15.6. The molecule has 0 aliphatic heterocycles. The average molecular weight is 292 g/mol. The Bertz CT molecular complexity index is 582. The van der Waals surface area contributed by atoms with E-state index in [0.717, 1.165) is 24.5 Å². The molecular formula is C18H19F3. The minimum Gasteiger partial charge on any atom is -0.166 e. The fourth-order valence-electron chi connectivity index (χ4n) is 2.33. The van der Waals surface area contributed by atoms with Crippen molar-refractivity contribution < 1.29 is 13.2 Å². The molecule has 0 heterocycles. The molecule has 0 radical (unpaired) electrons. The Morgan fingerprint density at radius 2 is 1.67 bits per heavy atom. The highest BCUT2D eigenvalue weighted by molar-refractivity contribution is 5.28. The SMILES string of the molecule is Cc1ccc(CCC(C)c2cccc(C(F)(F)F)c2)cc1. The summed E-state index contributed by atoms with van der Waals surface area (Å²) in [6, 6.07) is 13.9. The maximum atomic E-state index is 12.7. The van der Waals surface area contributed by atoms with E-state index in [9.17, 15) is 13.2 Å². The van der Waals surface area contributed by atoms with Crippen LogP contribution in [0.4, 0.5) is 13.2 Å². The Labute approximate surface area is 123 Å². The lowest BCUT2D eigenvalue weighted by atomic mass is 9.93. The normalized spacial score (nSPS) is 13.2. The Hall–Kier alpha value is -1.77. The van der Waals surface area contributed by atoms with Crippen LogP contribution in [0.3, 0.4) is 0 Å². The summed E-state index contributed by atoms with van der Waals surface area (Å²) in [4.78, 5) is 0. The van der Waals surface area contributed by atoms with E-state index in [4.69, 9.17) is 0 Å². The van der Waals surface area contributed by atoms with Gasteiger partial charge in [-0.15, -0.1) is 0 Å². The lowest BCUT2D eigenvalue weighted by molar-refractivity contribution is -0.137. The number of aryl methyl sites for hydroxylation is 2. The molecule has 0 amide bonds. The van der Waals surface area contributed by atoms with Crippen LogP contribution >= 0.6 is 0 Å². The van der Waals surface area contributed by atoms with Gasteiger partial charge in [0.2, 0.25) is 0 Å². The summed E-state index contributed by atoms with van der Waals surface area (Å²) in [5.74, 6) is 0.105. The van der Waals surface area contributed by atoms with Crippen LogP contribution in [0, 0.1) is 6.92 Å². The molecule has 21 heavy (non-hydrogen) atoms. The van der Waals surface area contributed by atoms with Crippen molar-refractivity contribution in [1.29, 1.82) is 0 Å². The first-order valence-corrected chi connectivity index (χ1v) is 7.09. The third-order valence-electron chi connectivity index (χ3n) is 3.77. The molecule has 112 valence electrons. The van der Waals surface area contributed by atoms with Crippen LogP contribution in [-0.2, 0) is 12.6 Å². The van der Waals surface area contributed by atoms with E-state index < -0.39 is 11.7 Å². The van der Waals surface area contributed by atoms with Crippen LogP contribution < -0.4 is 0 Å². The molecule has 2 rings (SSSR count). The number of halogens is 3.